The van der Waals surface area contributed by atoms with E-state index in [1.807, 2.05) is 6.92 Å². The summed E-state index contributed by atoms with van der Waals surface area (Å²) in [5, 5.41) is 5.70. The van der Waals surface area contributed by atoms with Gasteiger partial charge in [-0.1, -0.05) is 6.92 Å². The summed E-state index contributed by atoms with van der Waals surface area (Å²) < 4.78 is 0. The van der Waals surface area contributed by atoms with Crippen molar-refractivity contribution < 1.29 is 9.59 Å². The SMILES string of the molecule is CC(=O)NCCC(C)C(=O)NC1CCC1. The Kier molecular flexibility index (Phi) is 4.59. The van der Waals surface area contributed by atoms with Crippen LogP contribution in [0.5, 0.6) is 0 Å². The lowest BCUT2D eigenvalue weighted by Gasteiger charge is -2.27. The summed E-state index contributed by atoms with van der Waals surface area (Å²) in [6, 6.07) is 0.403. The van der Waals surface area contributed by atoms with Gasteiger partial charge in [-0.05, 0) is 25.7 Å². The lowest BCUT2D eigenvalue weighted by molar-refractivity contribution is -0.126. The summed E-state index contributed by atoms with van der Waals surface area (Å²) in [7, 11) is 0. The maximum absolute atomic E-state index is 11.6. The zero-order valence-electron chi connectivity index (χ0n) is 9.51. The maximum Gasteiger partial charge on any atom is 0.223 e. The molecule has 0 bridgehead atoms. The van der Waals surface area contributed by atoms with Crippen LogP contribution in [0.3, 0.4) is 0 Å². The maximum atomic E-state index is 11.6. The van der Waals surface area contributed by atoms with Gasteiger partial charge < -0.3 is 10.6 Å². The quantitative estimate of drug-likeness (QED) is 0.708. The second-order valence-electron chi connectivity index (χ2n) is 4.31. The zero-order valence-corrected chi connectivity index (χ0v) is 9.51. The summed E-state index contributed by atoms with van der Waals surface area (Å²) in [6.07, 6.45) is 4.16. The van der Waals surface area contributed by atoms with Crippen molar-refractivity contribution in [1.82, 2.24) is 10.6 Å². The molecule has 0 aromatic rings. The fourth-order valence-corrected chi connectivity index (χ4v) is 1.49. The molecule has 0 spiro atoms. The van der Waals surface area contributed by atoms with Gasteiger partial charge in [0, 0.05) is 25.4 Å². The molecule has 0 saturated heterocycles. The predicted octanol–water partition coefficient (Wildman–Crippen LogP) is 0.817. The van der Waals surface area contributed by atoms with Gasteiger partial charge >= 0.3 is 0 Å². The first-order valence-corrected chi connectivity index (χ1v) is 5.64. The molecule has 4 nitrogen and oxygen atoms in total. The Morgan fingerprint density at radius 2 is 2.07 bits per heavy atom. The molecule has 0 aromatic carbocycles. The molecule has 15 heavy (non-hydrogen) atoms. The Morgan fingerprint density at radius 3 is 2.53 bits per heavy atom. The van der Waals surface area contributed by atoms with Crippen molar-refractivity contribution in [2.24, 2.45) is 5.92 Å². The molecule has 4 heteroatoms. The van der Waals surface area contributed by atoms with Crippen LogP contribution in [-0.2, 0) is 9.59 Å². The third kappa shape index (κ3) is 4.32. The first-order valence-electron chi connectivity index (χ1n) is 5.64. The summed E-state index contributed by atoms with van der Waals surface area (Å²) in [4.78, 5) is 22.2. The Balaban J connectivity index is 2.11. The van der Waals surface area contributed by atoms with Crippen molar-refractivity contribution in [3.63, 3.8) is 0 Å². The average molecular weight is 212 g/mol. The third-order valence-electron chi connectivity index (χ3n) is 2.85. The van der Waals surface area contributed by atoms with Crippen molar-refractivity contribution >= 4 is 11.8 Å². The van der Waals surface area contributed by atoms with E-state index >= 15 is 0 Å². The Bertz CT molecular complexity index is 237. The van der Waals surface area contributed by atoms with Crippen LogP contribution in [0.15, 0.2) is 0 Å². The van der Waals surface area contributed by atoms with Crippen LogP contribution in [0.4, 0.5) is 0 Å². The van der Waals surface area contributed by atoms with E-state index in [4.69, 9.17) is 0 Å². The predicted molar refractivity (Wildman–Crippen MR) is 58.2 cm³/mol. The van der Waals surface area contributed by atoms with Gasteiger partial charge in [-0.15, -0.1) is 0 Å². The number of nitrogens with one attached hydrogen (secondary N) is 2. The van der Waals surface area contributed by atoms with Gasteiger partial charge in [-0.3, -0.25) is 9.59 Å². The van der Waals surface area contributed by atoms with Crippen molar-refractivity contribution in [1.29, 1.82) is 0 Å². The van der Waals surface area contributed by atoms with E-state index in [1.165, 1.54) is 13.3 Å². The zero-order chi connectivity index (χ0) is 11.3. The minimum atomic E-state index is -0.0402. The van der Waals surface area contributed by atoms with E-state index in [2.05, 4.69) is 10.6 Å². The number of amides is 2. The average Bonchev–Trinajstić information content (AvgIpc) is 2.10. The highest BCUT2D eigenvalue weighted by atomic mass is 16.2. The highest BCUT2D eigenvalue weighted by Gasteiger charge is 2.21. The smallest absolute Gasteiger partial charge is 0.223 e. The molecular formula is C11H20N2O2. The summed E-state index contributed by atoms with van der Waals surface area (Å²) >= 11 is 0. The lowest BCUT2D eigenvalue weighted by Crippen LogP contribution is -2.42. The molecule has 1 atom stereocenters. The van der Waals surface area contributed by atoms with E-state index in [0.717, 1.165) is 12.8 Å². The molecular weight excluding hydrogens is 192 g/mol. The molecule has 86 valence electrons. The molecule has 1 aliphatic carbocycles. The number of hydrogen-bond acceptors (Lipinski definition) is 2. The number of rotatable bonds is 5. The summed E-state index contributed by atoms with van der Waals surface area (Å²) in [5.74, 6) is 0.0594. The van der Waals surface area contributed by atoms with Gasteiger partial charge in [0.25, 0.3) is 0 Å². The van der Waals surface area contributed by atoms with E-state index in [-0.39, 0.29) is 17.7 Å². The van der Waals surface area contributed by atoms with Gasteiger partial charge in [-0.2, -0.15) is 0 Å². The van der Waals surface area contributed by atoms with E-state index in [0.29, 0.717) is 19.0 Å². The molecule has 1 saturated carbocycles. The van der Waals surface area contributed by atoms with Gasteiger partial charge in [0.2, 0.25) is 11.8 Å². The van der Waals surface area contributed by atoms with Crippen molar-refractivity contribution in [3.05, 3.63) is 0 Å². The van der Waals surface area contributed by atoms with E-state index < -0.39 is 0 Å². The Labute approximate surface area is 90.8 Å². The van der Waals surface area contributed by atoms with E-state index in [1.54, 1.807) is 0 Å². The highest BCUT2D eigenvalue weighted by molar-refractivity contribution is 5.78. The summed E-state index contributed by atoms with van der Waals surface area (Å²) in [5.41, 5.74) is 0. The number of carbonyl (C=O) groups excluding carboxylic acids is 2. The minimum absolute atomic E-state index is 0.0162. The van der Waals surface area contributed by atoms with Crippen molar-refractivity contribution in [3.8, 4) is 0 Å². The standard InChI is InChI=1S/C11H20N2O2/c1-8(6-7-12-9(2)14)11(15)13-10-4-3-5-10/h8,10H,3-7H2,1-2H3,(H,12,14)(H,13,15). The molecule has 1 rings (SSSR count). The number of hydrogen-bond donors (Lipinski definition) is 2. The first-order chi connectivity index (χ1) is 7.09. The topological polar surface area (TPSA) is 58.2 Å². The molecule has 0 aliphatic heterocycles. The highest BCUT2D eigenvalue weighted by Crippen LogP contribution is 2.18. The molecule has 1 unspecified atom stereocenters. The second kappa shape index (κ2) is 5.73. The van der Waals surface area contributed by atoms with Gasteiger partial charge in [0.1, 0.15) is 0 Å². The van der Waals surface area contributed by atoms with Gasteiger partial charge in [0.05, 0.1) is 0 Å². The Morgan fingerprint density at radius 1 is 1.40 bits per heavy atom. The monoisotopic (exact) mass is 212 g/mol. The normalized spacial score (nSPS) is 17.7. The van der Waals surface area contributed by atoms with Crippen LogP contribution in [0.25, 0.3) is 0 Å². The second-order valence-corrected chi connectivity index (χ2v) is 4.31. The van der Waals surface area contributed by atoms with Crippen molar-refractivity contribution in [2.45, 2.75) is 45.6 Å². The number of carbonyl (C=O) groups is 2. The van der Waals surface area contributed by atoms with Crippen LogP contribution in [0.1, 0.15) is 39.5 Å². The Hall–Kier alpha value is -1.06. The lowest BCUT2D eigenvalue weighted by atomic mass is 9.92. The largest absolute Gasteiger partial charge is 0.356 e. The van der Waals surface area contributed by atoms with E-state index in [9.17, 15) is 9.59 Å². The van der Waals surface area contributed by atoms with Crippen LogP contribution < -0.4 is 10.6 Å². The molecule has 0 heterocycles. The van der Waals surface area contributed by atoms with Gasteiger partial charge in [-0.25, -0.2) is 0 Å². The van der Waals surface area contributed by atoms with Crippen LogP contribution in [-0.4, -0.2) is 24.4 Å². The van der Waals surface area contributed by atoms with Crippen LogP contribution >= 0.6 is 0 Å². The molecule has 1 fully saturated rings. The molecule has 1 aliphatic rings. The molecule has 0 aromatic heterocycles. The fourth-order valence-electron chi connectivity index (χ4n) is 1.49. The minimum Gasteiger partial charge on any atom is -0.356 e. The third-order valence-corrected chi connectivity index (χ3v) is 2.85. The summed E-state index contributed by atoms with van der Waals surface area (Å²) in [6.45, 7) is 3.96. The van der Waals surface area contributed by atoms with Crippen molar-refractivity contribution in [2.75, 3.05) is 6.54 Å². The van der Waals surface area contributed by atoms with Crippen LogP contribution in [0, 0.1) is 5.92 Å². The first kappa shape index (κ1) is 12.0. The van der Waals surface area contributed by atoms with Gasteiger partial charge in [0.15, 0.2) is 0 Å². The molecule has 2 N–H and O–H groups in total. The fraction of sp³-hybridized carbons (Fsp3) is 0.818. The molecule has 2 amide bonds. The van der Waals surface area contributed by atoms with Crippen LogP contribution in [0.2, 0.25) is 0 Å². The molecule has 0 radical (unpaired) electrons.